The zero-order chi connectivity index (χ0) is 9.10. The molecule has 2 aromatic rings. The lowest BCUT2D eigenvalue weighted by molar-refractivity contribution is 1.28. The number of rotatable bonds is 1. The van der Waals surface area contributed by atoms with Crippen LogP contribution in [0.4, 0.5) is 0 Å². The molecule has 1 heteroatoms. The first-order chi connectivity index (χ1) is 6.36. The summed E-state index contributed by atoms with van der Waals surface area (Å²) in [5, 5.41) is 0. The van der Waals surface area contributed by atoms with Gasteiger partial charge in [0.15, 0.2) is 0 Å². The van der Waals surface area contributed by atoms with E-state index < -0.39 is 0 Å². The molecule has 1 radical (unpaired) electrons. The minimum atomic E-state index is 0.987. The lowest BCUT2D eigenvalue weighted by Gasteiger charge is -1.99. The van der Waals surface area contributed by atoms with E-state index in [-0.39, 0.29) is 0 Å². The van der Waals surface area contributed by atoms with Gasteiger partial charge in [0.05, 0.1) is 5.69 Å². The molecule has 0 unspecified atom stereocenters. The molecule has 1 aromatic heterocycles. The van der Waals surface area contributed by atoms with Crippen LogP contribution in [0.3, 0.4) is 0 Å². The number of pyridine rings is 1. The molecule has 0 amide bonds. The Kier molecular flexibility index (Phi) is 2.09. The summed E-state index contributed by atoms with van der Waals surface area (Å²) in [6.07, 6.45) is 1.82. The van der Waals surface area contributed by atoms with Crippen molar-refractivity contribution in [1.29, 1.82) is 0 Å². The molecule has 2 rings (SSSR count). The van der Waals surface area contributed by atoms with E-state index in [1.54, 1.807) is 0 Å². The van der Waals surface area contributed by atoms with Crippen molar-refractivity contribution in [1.82, 2.24) is 4.98 Å². The second-order valence-corrected chi connectivity index (χ2v) is 2.99. The Balaban J connectivity index is 2.48. The zero-order valence-electron chi connectivity index (χ0n) is 7.49. The van der Waals surface area contributed by atoms with E-state index in [0.29, 0.717) is 0 Å². The largest absolute Gasteiger partial charge is 0.256 e. The van der Waals surface area contributed by atoms with E-state index in [9.17, 15) is 0 Å². The third-order valence-corrected chi connectivity index (χ3v) is 1.90. The monoisotopic (exact) mass is 168 g/mol. The number of nitrogens with zero attached hydrogens (tertiary/aromatic N) is 1. The fraction of sp³-hybridized carbons (Fsp3) is 0.0833. The summed E-state index contributed by atoms with van der Waals surface area (Å²) >= 11 is 0. The van der Waals surface area contributed by atoms with Crippen molar-refractivity contribution >= 4 is 0 Å². The Bertz CT molecular complexity index is 393. The molecule has 1 nitrogen and oxygen atoms in total. The Hall–Kier alpha value is -1.63. The molecule has 0 atom stereocenters. The molecule has 0 bridgehead atoms. The third kappa shape index (κ3) is 1.75. The van der Waals surface area contributed by atoms with Crippen molar-refractivity contribution in [2.45, 2.75) is 6.92 Å². The minimum Gasteiger partial charge on any atom is -0.256 e. The third-order valence-electron chi connectivity index (χ3n) is 1.90. The molecule has 0 fully saturated rings. The predicted octanol–water partition coefficient (Wildman–Crippen LogP) is 2.86. The average molecular weight is 168 g/mol. The van der Waals surface area contributed by atoms with Gasteiger partial charge in [-0.25, -0.2) is 0 Å². The SMILES string of the molecule is Cc1ccnc(-c2[c]cccc2)c1. The smallest absolute Gasteiger partial charge is 0.0710 e. The molecule has 0 saturated carbocycles. The Labute approximate surface area is 78.1 Å². The lowest BCUT2D eigenvalue weighted by Crippen LogP contribution is -1.83. The summed E-state index contributed by atoms with van der Waals surface area (Å²) in [6, 6.07) is 15.1. The lowest BCUT2D eigenvalue weighted by atomic mass is 10.1. The first kappa shape index (κ1) is 7.99. The van der Waals surface area contributed by atoms with Crippen molar-refractivity contribution in [2.75, 3.05) is 0 Å². The number of hydrogen-bond donors (Lipinski definition) is 0. The molecular formula is C12H10N. The summed E-state index contributed by atoms with van der Waals surface area (Å²) in [5.41, 5.74) is 3.26. The van der Waals surface area contributed by atoms with Crippen LogP contribution in [0.1, 0.15) is 5.56 Å². The standard InChI is InChI=1S/C12H10N/c1-10-7-8-13-12(9-10)11-5-3-2-4-6-11/h2-5,7-9H,1H3. The van der Waals surface area contributed by atoms with Gasteiger partial charge in [0.25, 0.3) is 0 Å². The molecular weight excluding hydrogens is 158 g/mol. The minimum absolute atomic E-state index is 0.987. The van der Waals surface area contributed by atoms with Gasteiger partial charge < -0.3 is 0 Å². The Morgan fingerprint density at radius 2 is 2.15 bits per heavy atom. The zero-order valence-corrected chi connectivity index (χ0v) is 7.49. The quantitative estimate of drug-likeness (QED) is 0.638. The second kappa shape index (κ2) is 3.40. The molecule has 1 heterocycles. The average Bonchev–Trinajstić information content (AvgIpc) is 2.19. The first-order valence-corrected chi connectivity index (χ1v) is 4.26. The number of aryl methyl sites for hydroxylation is 1. The fourth-order valence-corrected chi connectivity index (χ4v) is 1.24. The second-order valence-electron chi connectivity index (χ2n) is 2.99. The van der Waals surface area contributed by atoms with Crippen LogP contribution < -0.4 is 0 Å². The maximum Gasteiger partial charge on any atom is 0.0710 e. The van der Waals surface area contributed by atoms with Crippen LogP contribution in [0.25, 0.3) is 11.3 Å². The van der Waals surface area contributed by atoms with Crippen LogP contribution in [0.5, 0.6) is 0 Å². The maximum atomic E-state index is 4.28. The summed E-state index contributed by atoms with van der Waals surface area (Å²) in [6.45, 7) is 2.06. The van der Waals surface area contributed by atoms with E-state index in [1.165, 1.54) is 5.56 Å². The number of benzene rings is 1. The molecule has 0 N–H and O–H groups in total. The normalized spacial score (nSPS) is 9.92. The highest BCUT2D eigenvalue weighted by Gasteiger charge is 1.96. The van der Waals surface area contributed by atoms with Crippen LogP contribution in [0.15, 0.2) is 42.6 Å². The van der Waals surface area contributed by atoms with Crippen molar-refractivity contribution in [3.05, 3.63) is 54.2 Å². The molecule has 63 valence electrons. The highest BCUT2D eigenvalue weighted by molar-refractivity contribution is 5.58. The van der Waals surface area contributed by atoms with E-state index >= 15 is 0 Å². The number of aromatic nitrogens is 1. The van der Waals surface area contributed by atoms with Gasteiger partial charge in [-0.2, -0.15) is 0 Å². The van der Waals surface area contributed by atoms with Crippen molar-refractivity contribution in [2.24, 2.45) is 0 Å². The molecule has 0 spiro atoms. The van der Waals surface area contributed by atoms with Crippen LogP contribution in [-0.2, 0) is 0 Å². The molecule has 1 aromatic carbocycles. The molecule has 0 aliphatic carbocycles. The highest BCUT2D eigenvalue weighted by Crippen LogP contribution is 2.15. The van der Waals surface area contributed by atoms with Gasteiger partial charge >= 0.3 is 0 Å². The van der Waals surface area contributed by atoms with Gasteiger partial charge in [-0.05, 0) is 30.7 Å². The van der Waals surface area contributed by atoms with E-state index in [1.807, 2.05) is 36.5 Å². The fourth-order valence-electron chi connectivity index (χ4n) is 1.24. The van der Waals surface area contributed by atoms with Gasteiger partial charge in [-0.3, -0.25) is 4.98 Å². The van der Waals surface area contributed by atoms with Gasteiger partial charge in [0.1, 0.15) is 0 Å². The van der Waals surface area contributed by atoms with Crippen LogP contribution in [0, 0.1) is 13.0 Å². The highest BCUT2D eigenvalue weighted by atomic mass is 14.7. The topological polar surface area (TPSA) is 12.9 Å². The van der Waals surface area contributed by atoms with Crippen molar-refractivity contribution in [3.8, 4) is 11.3 Å². The molecule has 13 heavy (non-hydrogen) atoms. The Morgan fingerprint density at radius 3 is 2.85 bits per heavy atom. The van der Waals surface area contributed by atoms with E-state index in [2.05, 4.69) is 24.0 Å². The van der Waals surface area contributed by atoms with Gasteiger partial charge in [0, 0.05) is 11.8 Å². The van der Waals surface area contributed by atoms with Crippen LogP contribution >= 0.6 is 0 Å². The van der Waals surface area contributed by atoms with Crippen molar-refractivity contribution in [3.63, 3.8) is 0 Å². The van der Waals surface area contributed by atoms with E-state index in [0.717, 1.165) is 11.3 Å². The predicted molar refractivity (Wildman–Crippen MR) is 53.2 cm³/mol. The summed E-state index contributed by atoms with van der Waals surface area (Å²) in [4.78, 5) is 4.28. The summed E-state index contributed by atoms with van der Waals surface area (Å²) in [7, 11) is 0. The molecule has 0 saturated heterocycles. The van der Waals surface area contributed by atoms with Crippen molar-refractivity contribution < 1.29 is 0 Å². The molecule has 0 aliphatic rings. The molecule has 0 aliphatic heterocycles. The number of hydrogen-bond acceptors (Lipinski definition) is 1. The van der Waals surface area contributed by atoms with Gasteiger partial charge in [0.2, 0.25) is 0 Å². The van der Waals surface area contributed by atoms with E-state index in [4.69, 9.17) is 0 Å². The van der Waals surface area contributed by atoms with Crippen LogP contribution in [-0.4, -0.2) is 4.98 Å². The van der Waals surface area contributed by atoms with Crippen LogP contribution in [0.2, 0.25) is 0 Å². The van der Waals surface area contributed by atoms with Gasteiger partial charge in [-0.1, -0.05) is 24.3 Å². The maximum absolute atomic E-state index is 4.28. The summed E-state index contributed by atoms with van der Waals surface area (Å²) in [5.74, 6) is 0. The summed E-state index contributed by atoms with van der Waals surface area (Å²) < 4.78 is 0. The van der Waals surface area contributed by atoms with Gasteiger partial charge in [-0.15, -0.1) is 0 Å². The first-order valence-electron chi connectivity index (χ1n) is 4.26. The Morgan fingerprint density at radius 1 is 1.23 bits per heavy atom.